The van der Waals surface area contributed by atoms with E-state index >= 15 is 0 Å². The van der Waals surface area contributed by atoms with Crippen LogP contribution >= 0.6 is 0 Å². The first-order valence-electron chi connectivity index (χ1n) is 22.9. The normalized spacial score (nSPS) is 13.8. The van der Waals surface area contributed by atoms with Crippen molar-refractivity contribution < 1.29 is 0 Å². The molecule has 12 rings (SSSR count). The zero-order valence-electron chi connectivity index (χ0n) is 37.3. The number of aryl methyl sites for hydroxylation is 2. The largest absolute Gasteiger partial charge is 0.310 e. The van der Waals surface area contributed by atoms with Crippen LogP contribution in [0.4, 0.5) is 17.1 Å². The van der Waals surface area contributed by atoms with Gasteiger partial charge >= 0.3 is 0 Å². The highest BCUT2D eigenvalue weighted by atomic mass is 15.1. The minimum atomic E-state index is -0.535. The van der Waals surface area contributed by atoms with Crippen LogP contribution in [0.3, 0.4) is 0 Å². The van der Waals surface area contributed by atoms with Crippen LogP contribution in [0.15, 0.2) is 224 Å². The Morgan fingerprint density at radius 1 is 0.338 bits per heavy atom. The number of rotatable bonds is 7. The van der Waals surface area contributed by atoms with Gasteiger partial charge in [-0.1, -0.05) is 196 Å². The van der Waals surface area contributed by atoms with Gasteiger partial charge in [-0.15, -0.1) is 0 Å². The maximum Gasteiger partial charge on any atom is 0.0714 e. The molecular formula is C64H49N. The lowest BCUT2D eigenvalue weighted by Crippen LogP contribution is -2.28. The molecule has 0 spiro atoms. The highest BCUT2D eigenvalue weighted by molar-refractivity contribution is 5.97. The average molecular weight is 832 g/mol. The van der Waals surface area contributed by atoms with Crippen molar-refractivity contribution >= 4 is 27.8 Å². The molecule has 0 fully saturated rings. The van der Waals surface area contributed by atoms with E-state index in [2.05, 4.69) is 257 Å². The molecule has 0 bridgehead atoms. The number of hydrogen-bond acceptors (Lipinski definition) is 1. The van der Waals surface area contributed by atoms with Crippen LogP contribution in [0, 0.1) is 13.8 Å². The highest BCUT2D eigenvalue weighted by Gasteiger charge is 2.46. The molecular weight excluding hydrogens is 783 g/mol. The van der Waals surface area contributed by atoms with E-state index in [0.29, 0.717) is 0 Å². The van der Waals surface area contributed by atoms with Crippen LogP contribution < -0.4 is 4.90 Å². The summed E-state index contributed by atoms with van der Waals surface area (Å²) < 4.78 is 0. The molecule has 0 amide bonds. The molecule has 1 nitrogen and oxygen atoms in total. The van der Waals surface area contributed by atoms with Crippen LogP contribution in [-0.2, 0) is 10.8 Å². The number of fused-ring (bicyclic) bond motifs is 7. The topological polar surface area (TPSA) is 3.24 Å². The standard InChI is InChI=1S/C64H49N/c1-42-18-17-19-43(2)62(42)56-39-47(46-31-30-44-20-11-12-21-45(44)38-46)32-37-61(56)65(50-33-35-54-52-26-13-15-28-57(52)63(3,4)59(54)40-50)51-34-36-55-53-27-14-16-29-58(53)64(60(55)41-51,48-22-7-5-8-23-48)49-24-9-6-10-25-49/h5-41H,1-4H3. The van der Waals surface area contributed by atoms with Crippen LogP contribution in [0.1, 0.15) is 58.4 Å². The third-order valence-corrected chi connectivity index (χ3v) is 14.6. The zero-order valence-corrected chi connectivity index (χ0v) is 37.3. The third-order valence-electron chi connectivity index (χ3n) is 14.6. The van der Waals surface area contributed by atoms with Crippen molar-refractivity contribution in [2.24, 2.45) is 0 Å². The van der Waals surface area contributed by atoms with Gasteiger partial charge < -0.3 is 4.90 Å². The lowest BCUT2D eigenvalue weighted by atomic mass is 9.67. The van der Waals surface area contributed by atoms with Crippen molar-refractivity contribution in [1.82, 2.24) is 0 Å². The summed E-state index contributed by atoms with van der Waals surface area (Å²) in [6.45, 7) is 9.28. The van der Waals surface area contributed by atoms with E-state index in [9.17, 15) is 0 Å². The van der Waals surface area contributed by atoms with Gasteiger partial charge in [0.15, 0.2) is 0 Å². The molecule has 310 valence electrons. The number of hydrogen-bond donors (Lipinski definition) is 0. The van der Waals surface area contributed by atoms with Crippen molar-refractivity contribution in [3.05, 3.63) is 269 Å². The molecule has 2 aliphatic carbocycles. The number of benzene rings is 10. The zero-order chi connectivity index (χ0) is 43.9. The van der Waals surface area contributed by atoms with Crippen molar-refractivity contribution in [2.75, 3.05) is 4.90 Å². The van der Waals surface area contributed by atoms with Gasteiger partial charge in [-0.2, -0.15) is 0 Å². The Morgan fingerprint density at radius 2 is 0.846 bits per heavy atom. The SMILES string of the molecule is Cc1cccc(C)c1-c1cc(-c2ccc3ccccc3c2)ccc1N(c1ccc2c(c1)C(C)(C)c1ccccc1-2)c1ccc2c(c1)C(c1ccccc1)(c1ccccc1)c1ccccc1-2. The monoisotopic (exact) mass is 831 g/mol. The quantitative estimate of drug-likeness (QED) is 0.155. The fourth-order valence-electron chi connectivity index (χ4n) is 11.5. The van der Waals surface area contributed by atoms with Gasteiger partial charge in [-0.3, -0.25) is 0 Å². The Bertz CT molecular complexity index is 3420. The second-order valence-corrected chi connectivity index (χ2v) is 18.6. The first kappa shape index (κ1) is 38.9. The Balaban J connectivity index is 1.15. The summed E-state index contributed by atoms with van der Waals surface area (Å²) in [5, 5.41) is 2.49. The number of anilines is 3. The first-order valence-corrected chi connectivity index (χ1v) is 22.9. The predicted octanol–water partition coefficient (Wildman–Crippen LogP) is 16.9. The van der Waals surface area contributed by atoms with Gasteiger partial charge in [0, 0.05) is 22.4 Å². The molecule has 0 heterocycles. The maximum atomic E-state index is 2.55. The molecule has 0 N–H and O–H groups in total. The minimum Gasteiger partial charge on any atom is -0.310 e. The molecule has 65 heavy (non-hydrogen) atoms. The lowest BCUT2D eigenvalue weighted by Gasteiger charge is -2.35. The lowest BCUT2D eigenvalue weighted by molar-refractivity contribution is 0.660. The van der Waals surface area contributed by atoms with E-state index in [4.69, 9.17) is 0 Å². The Labute approximate surface area is 383 Å². The van der Waals surface area contributed by atoms with Crippen LogP contribution in [0.5, 0.6) is 0 Å². The van der Waals surface area contributed by atoms with Crippen molar-refractivity contribution in [2.45, 2.75) is 38.5 Å². The summed E-state index contributed by atoms with van der Waals surface area (Å²) in [5.41, 5.74) is 23.1. The first-order chi connectivity index (χ1) is 31.8. The molecule has 1 heteroatoms. The van der Waals surface area contributed by atoms with Crippen molar-refractivity contribution in [3.8, 4) is 44.5 Å². The van der Waals surface area contributed by atoms with Gasteiger partial charge in [0.25, 0.3) is 0 Å². The van der Waals surface area contributed by atoms with Gasteiger partial charge in [0.2, 0.25) is 0 Å². The van der Waals surface area contributed by atoms with E-state index in [1.807, 2.05) is 0 Å². The molecule has 0 atom stereocenters. The summed E-state index contributed by atoms with van der Waals surface area (Å²) in [5.74, 6) is 0. The van der Waals surface area contributed by atoms with Gasteiger partial charge in [-0.25, -0.2) is 0 Å². The molecule has 0 unspecified atom stereocenters. The minimum absolute atomic E-state index is 0.168. The molecule has 0 radical (unpaired) electrons. The molecule has 0 saturated carbocycles. The van der Waals surface area contributed by atoms with E-state index in [0.717, 1.165) is 17.1 Å². The molecule has 10 aromatic carbocycles. The van der Waals surface area contributed by atoms with E-state index < -0.39 is 5.41 Å². The molecule has 2 aliphatic rings. The van der Waals surface area contributed by atoms with Crippen LogP contribution in [0.25, 0.3) is 55.3 Å². The van der Waals surface area contributed by atoms with Gasteiger partial charge in [0.1, 0.15) is 0 Å². The summed E-state index contributed by atoms with van der Waals surface area (Å²) in [4.78, 5) is 2.55. The van der Waals surface area contributed by atoms with Crippen molar-refractivity contribution in [3.63, 3.8) is 0 Å². The Kier molecular flexibility index (Phi) is 8.94. The van der Waals surface area contributed by atoms with E-state index in [1.54, 1.807) is 0 Å². The Hall–Kier alpha value is -7.74. The second kappa shape index (κ2) is 14.9. The third kappa shape index (κ3) is 5.92. The van der Waals surface area contributed by atoms with Crippen molar-refractivity contribution in [1.29, 1.82) is 0 Å². The molecule has 10 aromatic rings. The van der Waals surface area contributed by atoms with Crippen LogP contribution in [-0.4, -0.2) is 0 Å². The summed E-state index contributed by atoms with van der Waals surface area (Å²) >= 11 is 0. The molecule has 0 aromatic heterocycles. The smallest absolute Gasteiger partial charge is 0.0714 e. The summed E-state index contributed by atoms with van der Waals surface area (Å²) in [7, 11) is 0. The van der Waals surface area contributed by atoms with Crippen LogP contribution in [0.2, 0.25) is 0 Å². The Morgan fingerprint density at radius 3 is 1.52 bits per heavy atom. The van der Waals surface area contributed by atoms with Gasteiger partial charge in [0.05, 0.1) is 11.1 Å². The van der Waals surface area contributed by atoms with E-state index in [-0.39, 0.29) is 5.41 Å². The summed E-state index contributed by atoms with van der Waals surface area (Å²) in [6.07, 6.45) is 0. The fraction of sp³-hybridized carbons (Fsp3) is 0.0938. The number of nitrogens with zero attached hydrogens (tertiary/aromatic N) is 1. The second-order valence-electron chi connectivity index (χ2n) is 18.6. The maximum absolute atomic E-state index is 2.55. The molecule has 0 saturated heterocycles. The molecule has 0 aliphatic heterocycles. The highest BCUT2D eigenvalue weighted by Crippen LogP contribution is 2.58. The van der Waals surface area contributed by atoms with Gasteiger partial charge in [-0.05, 0) is 151 Å². The predicted molar refractivity (Wildman–Crippen MR) is 274 cm³/mol. The average Bonchev–Trinajstić information content (AvgIpc) is 3.77. The van der Waals surface area contributed by atoms with E-state index in [1.165, 1.54) is 99.8 Å². The summed E-state index contributed by atoms with van der Waals surface area (Å²) in [6, 6.07) is 84.1. The fourth-order valence-corrected chi connectivity index (χ4v) is 11.5.